The standard InChI is InChI=1S/C26H25FN4O3/c27-22-9-2-1-8-21(22)24(29-19-7-5-6-17(16-19)25(28)33)26(34)30-18-11-13-20(14-12-18)31-15-4-3-10-23(31)32/h1-2,5-9,11-14,16,24,29H,3-4,10,15H2,(H2,28,33)(H,30,34). The maximum Gasteiger partial charge on any atom is 0.251 e. The molecule has 1 heterocycles. The Morgan fingerprint density at radius 3 is 2.41 bits per heavy atom. The number of hydrogen-bond donors (Lipinski definition) is 3. The van der Waals surface area contributed by atoms with Crippen LogP contribution in [-0.4, -0.2) is 24.3 Å². The van der Waals surface area contributed by atoms with Crippen molar-refractivity contribution in [1.82, 2.24) is 0 Å². The van der Waals surface area contributed by atoms with Gasteiger partial charge in [-0.05, 0) is 61.4 Å². The molecule has 7 nitrogen and oxygen atoms in total. The van der Waals surface area contributed by atoms with E-state index >= 15 is 0 Å². The number of carbonyl (C=O) groups excluding carboxylic acids is 3. The molecule has 1 saturated heterocycles. The van der Waals surface area contributed by atoms with Crippen molar-refractivity contribution in [3.05, 3.63) is 89.7 Å². The number of rotatable bonds is 7. The molecule has 174 valence electrons. The van der Waals surface area contributed by atoms with Crippen LogP contribution in [0, 0.1) is 5.82 Å². The Bertz CT molecular complexity index is 1210. The zero-order valence-corrected chi connectivity index (χ0v) is 18.5. The van der Waals surface area contributed by atoms with E-state index in [4.69, 9.17) is 5.73 Å². The quantitative estimate of drug-likeness (QED) is 0.491. The normalized spacial score (nSPS) is 14.4. The first-order chi connectivity index (χ1) is 16.4. The van der Waals surface area contributed by atoms with E-state index < -0.39 is 23.7 Å². The Hall–Kier alpha value is -4.20. The number of benzene rings is 3. The molecule has 0 saturated carbocycles. The van der Waals surface area contributed by atoms with E-state index in [0.717, 1.165) is 18.5 Å². The lowest BCUT2D eigenvalue weighted by atomic mass is 10.0. The number of carbonyl (C=O) groups is 3. The van der Waals surface area contributed by atoms with Crippen LogP contribution in [0.1, 0.15) is 41.2 Å². The van der Waals surface area contributed by atoms with Crippen LogP contribution in [0.2, 0.25) is 0 Å². The van der Waals surface area contributed by atoms with Gasteiger partial charge in [0, 0.05) is 41.2 Å². The zero-order chi connectivity index (χ0) is 24.1. The Kier molecular flexibility index (Phi) is 6.87. The van der Waals surface area contributed by atoms with Gasteiger partial charge in [-0.15, -0.1) is 0 Å². The minimum absolute atomic E-state index is 0.0880. The molecule has 1 aliphatic rings. The number of halogens is 1. The Labute approximate surface area is 196 Å². The van der Waals surface area contributed by atoms with Gasteiger partial charge in [-0.3, -0.25) is 14.4 Å². The highest BCUT2D eigenvalue weighted by molar-refractivity contribution is 5.99. The molecule has 0 spiro atoms. The maximum absolute atomic E-state index is 14.6. The molecule has 0 radical (unpaired) electrons. The highest BCUT2D eigenvalue weighted by Gasteiger charge is 2.24. The molecule has 4 rings (SSSR count). The molecule has 34 heavy (non-hydrogen) atoms. The van der Waals surface area contributed by atoms with Crippen molar-refractivity contribution in [2.24, 2.45) is 5.73 Å². The lowest BCUT2D eigenvalue weighted by Gasteiger charge is -2.27. The van der Waals surface area contributed by atoms with Crippen LogP contribution in [0.3, 0.4) is 0 Å². The molecular formula is C26H25FN4O3. The zero-order valence-electron chi connectivity index (χ0n) is 18.5. The van der Waals surface area contributed by atoms with Crippen LogP contribution in [0.4, 0.5) is 21.5 Å². The van der Waals surface area contributed by atoms with E-state index in [1.54, 1.807) is 59.5 Å². The summed E-state index contributed by atoms with van der Waals surface area (Å²) in [6.07, 6.45) is 2.39. The Morgan fingerprint density at radius 2 is 1.71 bits per heavy atom. The van der Waals surface area contributed by atoms with Gasteiger partial charge in [-0.1, -0.05) is 24.3 Å². The third-order valence-electron chi connectivity index (χ3n) is 5.71. The van der Waals surface area contributed by atoms with E-state index in [-0.39, 0.29) is 17.0 Å². The molecule has 3 amide bonds. The van der Waals surface area contributed by atoms with Crippen molar-refractivity contribution in [3.63, 3.8) is 0 Å². The minimum Gasteiger partial charge on any atom is -0.370 e. The highest BCUT2D eigenvalue weighted by atomic mass is 19.1. The van der Waals surface area contributed by atoms with E-state index in [1.807, 2.05) is 0 Å². The minimum atomic E-state index is -1.08. The summed E-state index contributed by atoms with van der Waals surface area (Å²) in [4.78, 5) is 38.7. The Balaban J connectivity index is 1.56. The molecule has 0 aromatic heterocycles. The lowest BCUT2D eigenvalue weighted by molar-refractivity contribution is -0.119. The SMILES string of the molecule is NC(=O)c1cccc(NC(C(=O)Nc2ccc(N3CCCCC3=O)cc2)c2ccccc2F)c1. The van der Waals surface area contributed by atoms with E-state index in [1.165, 1.54) is 18.2 Å². The average Bonchev–Trinajstić information content (AvgIpc) is 2.84. The number of hydrogen-bond acceptors (Lipinski definition) is 4. The molecule has 0 bridgehead atoms. The number of piperidine rings is 1. The van der Waals surface area contributed by atoms with Crippen molar-refractivity contribution in [3.8, 4) is 0 Å². The monoisotopic (exact) mass is 460 g/mol. The van der Waals surface area contributed by atoms with Gasteiger partial charge in [0.05, 0.1) is 0 Å². The smallest absolute Gasteiger partial charge is 0.251 e. The summed E-state index contributed by atoms with van der Waals surface area (Å²) in [7, 11) is 0. The third-order valence-corrected chi connectivity index (χ3v) is 5.71. The number of nitrogens with zero attached hydrogens (tertiary/aromatic N) is 1. The summed E-state index contributed by atoms with van der Waals surface area (Å²) in [5.41, 5.74) is 7.49. The van der Waals surface area contributed by atoms with Crippen molar-refractivity contribution in [2.45, 2.75) is 25.3 Å². The molecule has 1 aliphatic heterocycles. The van der Waals surface area contributed by atoms with E-state index in [9.17, 15) is 18.8 Å². The molecule has 3 aromatic carbocycles. The van der Waals surface area contributed by atoms with Crippen molar-refractivity contribution in [1.29, 1.82) is 0 Å². The van der Waals surface area contributed by atoms with Crippen LogP contribution >= 0.6 is 0 Å². The fourth-order valence-corrected chi connectivity index (χ4v) is 3.94. The fourth-order valence-electron chi connectivity index (χ4n) is 3.94. The molecule has 1 fully saturated rings. The molecule has 1 atom stereocenters. The van der Waals surface area contributed by atoms with Crippen molar-refractivity contribution in [2.75, 3.05) is 22.1 Å². The van der Waals surface area contributed by atoms with Crippen LogP contribution < -0.4 is 21.3 Å². The van der Waals surface area contributed by atoms with Crippen molar-refractivity contribution >= 4 is 34.8 Å². The largest absolute Gasteiger partial charge is 0.370 e. The summed E-state index contributed by atoms with van der Waals surface area (Å²) < 4.78 is 14.6. The molecule has 4 N–H and O–H groups in total. The van der Waals surface area contributed by atoms with Gasteiger partial charge >= 0.3 is 0 Å². The number of amides is 3. The van der Waals surface area contributed by atoms with Gasteiger partial charge < -0.3 is 21.3 Å². The lowest BCUT2D eigenvalue weighted by Crippen LogP contribution is -2.35. The Morgan fingerprint density at radius 1 is 0.941 bits per heavy atom. The summed E-state index contributed by atoms with van der Waals surface area (Å²) in [6.45, 7) is 0.675. The number of nitrogens with one attached hydrogen (secondary N) is 2. The molecular weight excluding hydrogens is 435 g/mol. The number of anilines is 3. The summed E-state index contributed by atoms with van der Waals surface area (Å²) in [5, 5.41) is 5.81. The van der Waals surface area contributed by atoms with E-state index in [2.05, 4.69) is 10.6 Å². The second-order valence-corrected chi connectivity index (χ2v) is 8.08. The van der Waals surface area contributed by atoms with Crippen LogP contribution in [0.25, 0.3) is 0 Å². The summed E-state index contributed by atoms with van der Waals surface area (Å²) in [6, 6.07) is 18.2. The third kappa shape index (κ3) is 5.23. The van der Waals surface area contributed by atoms with Gasteiger partial charge in [0.25, 0.3) is 5.91 Å². The maximum atomic E-state index is 14.6. The van der Waals surface area contributed by atoms with E-state index in [0.29, 0.717) is 24.3 Å². The number of nitrogens with two attached hydrogens (primary N) is 1. The van der Waals surface area contributed by atoms with Gasteiger partial charge in [0.15, 0.2) is 0 Å². The van der Waals surface area contributed by atoms with Crippen LogP contribution in [-0.2, 0) is 9.59 Å². The van der Waals surface area contributed by atoms with Crippen LogP contribution in [0.5, 0.6) is 0 Å². The summed E-state index contributed by atoms with van der Waals surface area (Å²) in [5.74, 6) is -1.55. The molecule has 8 heteroatoms. The molecule has 0 aliphatic carbocycles. The second kappa shape index (κ2) is 10.2. The number of primary amides is 1. The van der Waals surface area contributed by atoms with Gasteiger partial charge in [-0.2, -0.15) is 0 Å². The summed E-state index contributed by atoms with van der Waals surface area (Å²) >= 11 is 0. The predicted octanol–water partition coefficient (Wildman–Crippen LogP) is 4.23. The van der Waals surface area contributed by atoms with Crippen LogP contribution in [0.15, 0.2) is 72.8 Å². The fraction of sp³-hybridized carbons (Fsp3) is 0.192. The first kappa shape index (κ1) is 23.0. The van der Waals surface area contributed by atoms with Gasteiger partial charge in [0.1, 0.15) is 11.9 Å². The first-order valence-corrected chi connectivity index (χ1v) is 11.0. The van der Waals surface area contributed by atoms with Crippen molar-refractivity contribution < 1.29 is 18.8 Å². The highest BCUT2D eigenvalue weighted by Crippen LogP contribution is 2.26. The molecule has 1 unspecified atom stereocenters. The van der Waals surface area contributed by atoms with Gasteiger partial charge in [-0.25, -0.2) is 4.39 Å². The van der Waals surface area contributed by atoms with Gasteiger partial charge in [0.2, 0.25) is 11.8 Å². The predicted molar refractivity (Wildman–Crippen MR) is 129 cm³/mol. The second-order valence-electron chi connectivity index (χ2n) is 8.08. The average molecular weight is 461 g/mol. The first-order valence-electron chi connectivity index (χ1n) is 11.0. The topological polar surface area (TPSA) is 105 Å². The molecule has 3 aromatic rings.